The highest BCUT2D eigenvalue weighted by Gasteiger charge is 2.17. The molecule has 0 bridgehead atoms. The molecule has 2 aromatic carbocycles. The van der Waals surface area contributed by atoms with Crippen LogP contribution in [0.2, 0.25) is 0 Å². The fourth-order valence-corrected chi connectivity index (χ4v) is 3.43. The lowest BCUT2D eigenvalue weighted by Crippen LogP contribution is -2.07. The fraction of sp³-hybridized carbons (Fsp3) is 0.333. The number of hydrogen-bond donors (Lipinski definition) is 0. The van der Waals surface area contributed by atoms with Crippen LogP contribution in [0.4, 0.5) is 0 Å². The quantitative estimate of drug-likeness (QED) is 0.822. The Labute approximate surface area is 127 Å². The summed E-state index contributed by atoms with van der Waals surface area (Å²) >= 11 is 0. The Hall–Kier alpha value is -1.61. The predicted molar refractivity (Wildman–Crippen MR) is 86.0 cm³/mol. The summed E-state index contributed by atoms with van der Waals surface area (Å²) in [6.45, 7) is 6.64. The molecule has 0 N–H and O–H groups in total. The minimum absolute atomic E-state index is 0.341. The molecule has 0 radical (unpaired) electrons. The van der Waals surface area contributed by atoms with Crippen molar-refractivity contribution in [3.63, 3.8) is 0 Å². The van der Waals surface area contributed by atoms with Crippen molar-refractivity contribution < 1.29 is 8.42 Å². The van der Waals surface area contributed by atoms with Crippen molar-refractivity contribution in [2.45, 2.75) is 37.0 Å². The molecule has 0 saturated heterocycles. The summed E-state index contributed by atoms with van der Waals surface area (Å²) in [6.07, 6.45) is 0.976. The van der Waals surface area contributed by atoms with Crippen molar-refractivity contribution in [3.8, 4) is 0 Å². The van der Waals surface area contributed by atoms with Gasteiger partial charge in [-0.2, -0.15) is 0 Å². The van der Waals surface area contributed by atoms with Gasteiger partial charge in [-0.15, -0.1) is 0 Å². The Kier molecular flexibility index (Phi) is 4.84. The maximum atomic E-state index is 12.5. The molecule has 3 heteroatoms. The van der Waals surface area contributed by atoms with Crippen LogP contribution in [-0.2, 0) is 16.3 Å². The van der Waals surface area contributed by atoms with Crippen LogP contribution < -0.4 is 0 Å². The second kappa shape index (κ2) is 6.44. The summed E-state index contributed by atoms with van der Waals surface area (Å²) in [6, 6.07) is 15.8. The standard InChI is InChI=1S/C18H22O2S/c1-14(2)15(3)13-16-9-11-18(12-10-16)21(19,20)17-7-5-4-6-8-17/h4-12,14-15H,13H2,1-3H3. The van der Waals surface area contributed by atoms with Crippen molar-refractivity contribution in [2.75, 3.05) is 0 Å². The van der Waals surface area contributed by atoms with Crippen LogP contribution in [0.1, 0.15) is 26.3 Å². The van der Waals surface area contributed by atoms with E-state index >= 15 is 0 Å². The Morgan fingerprint density at radius 3 is 1.86 bits per heavy atom. The first-order valence-corrected chi connectivity index (χ1v) is 8.78. The Morgan fingerprint density at radius 2 is 1.33 bits per heavy atom. The van der Waals surface area contributed by atoms with E-state index < -0.39 is 9.84 Å². The van der Waals surface area contributed by atoms with E-state index in [1.54, 1.807) is 36.4 Å². The lowest BCUT2D eigenvalue weighted by atomic mass is 9.91. The molecule has 0 aliphatic rings. The molecule has 0 aliphatic heterocycles. The summed E-state index contributed by atoms with van der Waals surface area (Å²) in [7, 11) is -3.40. The zero-order valence-corrected chi connectivity index (χ0v) is 13.6. The lowest BCUT2D eigenvalue weighted by Gasteiger charge is -2.15. The van der Waals surface area contributed by atoms with Crippen LogP contribution in [0.15, 0.2) is 64.4 Å². The zero-order chi connectivity index (χ0) is 15.5. The fourth-order valence-electron chi connectivity index (χ4n) is 2.15. The Morgan fingerprint density at radius 1 is 0.810 bits per heavy atom. The van der Waals surface area contributed by atoms with Crippen molar-refractivity contribution in [1.82, 2.24) is 0 Å². The van der Waals surface area contributed by atoms with E-state index in [9.17, 15) is 8.42 Å². The Bertz CT molecular complexity index is 671. The van der Waals surface area contributed by atoms with Crippen molar-refractivity contribution >= 4 is 9.84 Å². The van der Waals surface area contributed by atoms with E-state index in [1.165, 1.54) is 5.56 Å². The smallest absolute Gasteiger partial charge is 0.206 e. The molecular formula is C18H22O2S. The molecular weight excluding hydrogens is 280 g/mol. The highest BCUT2D eigenvalue weighted by Crippen LogP contribution is 2.22. The van der Waals surface area contributed by atoms with Gasteiger partial charge >= 0.3 is 0 Å². The van der Waals surface area contributed by atoms with Crippen molar-refractivity contribution in [3.05, 3.63) is 60.2 Å². The third-order valence-corrected chi connectivity index (χ3v) is 5.77. The molecule has 0 heterocycles. The average Bonchev–Trinajstić information content (AvgIpc) is 2.48. The maximum Gasteiger partial charge on any atom is 0.206 e. The highest BCUT2D eigenvalue weighted by atomic mass is 32.2. The molecule has 1 atom stereocenters. The third-order valence-electron chi connectivity index (χ3n) is 3.98. The Balaban J connectivity index is 2.23. The number of benzene rings is 2. The average molecular weight is 302 g/mol. The van der Waals surface area contributed by atoms with Gasteiger partial charge in [0.15, 0.2) is 0 Å². The van der Waals surface area contributed by atoms with Crippen LogP contribution in [0.25, 0.3) is 0 Å². The molecule has 0 aliphatic carbocycles. The van der Waals surface area contributed by atoms with Gasteiger partial charge in [0.05, 0.1) is 9.79 Å². The third kappa shape index (κ3) is 3.73. The van der Waals surface area contributed by atoms with Crippen LogP contribution in [-0.4, -0.2) is 8.42 Å². The van der Waals surface area contributed by atoms with Gasteiger partial charge in [-0.1, -0.05) is 51.1 Å². The van der Waals surface area contributed by atoms with E-state index in [1.807, 2.05) is 18.2 Å². The molecule has 21 heavy (non-hydrogen) atoms. The monoisotopic (exact) mass is 302 g/mol. The van der Waals surface area contributed by atoms with Gasteiger partial charge in [0, 0.05) is 0 Å². The molecule has 1 unspecified atom stereocenters. The van der Waals surface area contributed by atoms with E-state index in [0.717, 1.165) is 6.42 Å². The molecule has 0 aromatic heterocycles. The van der Waals surface area contributed by atoms with Crippen molar-refractivity contribution in [1.29, 1.82) is 0 Å². The van der Waals surface area contributed by atoms with E-state index in [4.69, 9.17) is 0 Å². The topological polar surface area (TPSA) is 34.1 Å². The second-order valence-corrected chi connectivity index (χ2v) is 7.84. The van der Waals surface area contributed by atoms with Crippen LogP contribution in [0, 0.1) is 11.8 Å². The van der Waals surface area contributed by atoms with Crippen molar-refractivity contribution in [2.24, 2.45) is 11.8 Å². The zero-order valence-electron chi connectivity index (χ0n) is 12.8. The van der Waals surface area contributed by atoms with E-state index in [0.29, 0.717) is 21.6 Å². The first-order chi connectivity index (χ1) is 9.91. The number of hydrogen-bond acceptors (Lipinski definition) is 2. The normalized spacial score (nSPS) is 13.3. The van der Waals surface area contributed by atoms with Crippen LogP contribution in [0.3, 0.4) is 0 Å². The van der Waals surface area contributed by atoms with Gasteiger partial charge in [0.2, 0.25) is 9.84 Å². The number of sulfone groups is 1. The molecule has 0 amide bonds. The summed E-state index contributed by atoms with van der Waals surface area (Å²) in [5, 5.41) is 0. The predicted octanol–water partition coefficient (Wildman–Crippen LogP) is 4.35. The summed E-state index contributed by atoms with van der Waals surface area (Å²) in [5.74, 6) is 1.21. The largest absolute Gasteiger partial charge is 0.219 e. The van der Waals surface area contributed by atoms with Gasteiger partial charge in [-0.05, 0) is 48.1 Å². The molecule has 112 valence electrons. The van der Waals surface area contributed by atoms with Gasteiger partial charge < -0.3 is 0 Å². The molecule has 0 saturated carbocycles. The molecule has 2 aromatic rings. The second-order valence-electron chi connectivity index (χ2n) is 5.89. The molecule has 2 rings (SSSR count). The lowest BCUT2D eigenvalue weighted by molar-refractivity contribution is 0.417. The van der Waals surface area contributed by atoms with Gasteiger partial charge in [0.1, 0.15) is 0 Å². The van der Waals surface area contributed by atoms with Gasteiger partial charge in [-0.25, -0.2) is 8.42 Å². The van der Waals surface area contributed by atoms with Gasteiger partial charge in [-0.3, -0.25) is 0 Å². The van der Waals surface area contributed by atoms with Gasteiger partial charge in [0.25, 0.3) is 0 Å². The van der Waals surface area contributed by atoms with E-state index in [-0.39, 0.29) is 0 Å². The first kappa shape index (κ1) is 15.8. The minimum Gasteiger partial charge on any atom is -0.219 e. The van der Waals surface area contributed by atoms with Crippen LogP contribution >= 0.6 is 0 Å². The first-order valence-electron chi connectivity index (χ1n) is 7.30. The molecule has 0 spiro atoms. The summed E-state index contributed by atoms with van der Waals surface area (Å²) in [5.41, 5.74) is 1.18. The summed E-state index contributed by atoms with van der Waals surface area (Å²) < 4.78 is 25.0. The number of rotatable bonds is 5. The SMILES string of the molecule is CC(C)C(C)Cc1ccc(S(=O)(=O)c2ccccc2)cc1. The minimum atomic E-state index is -3.40. The summed E-state index contributed by atoms with van der Waals surface area (Å²) in [4.78, 5) is 0.697. The van der Waals surface area contributed by atoms with Crippen LogP contribution in [0.5, 0.6) is 0 Å². The maximum absolute atomic E-state index is 12.5. The highest BCUT2D eigenvalue weighted by molar-refractivity contribution is 7.91. The molecule has 2 nitrogen and oxygen atoms in total. The van der Waals surface area contributed by atoms with E-state index in [2.05, 4.69) is 20.8 Å². The molecule has 0 fully saturated rings.